The van der Waals surface area contributed by atoms with Gasteiger partial charge in [0.1, 0.15) is 5.82 Å². The Morgan fingerprint density at radius 2 is 2.19 bits per heavy atom. The standard InChI is InChI=1S/C20H22N6O/c1-14-21-9-7-18(23-14)15-4-2-6-17(12-15)24-20(27)26-11-3-5-16(13-26)19-8-10-22-25-19/h2,4,6-10,12,16H,3,5,11,13H2,1H3,(H,22,25)(H,24,27). The smallest absolute Gasteiger partial charge is 0.321 e. The number of nitrogens with one attached hydrogen (secondary N) is 2. The molecule has 1 unspecified atom stereocenters. The first-order chi connectivity index (χ1) is 13.2. The van der Waals surface area contributed by atoms with Gasteiger partial charge in [0.05, 0.1) is 5.69 Å². The molecule has 1 fully saturated rings. The third-order valence-electron chi connectivity index (χ3n) is 4.86. The number of nitrogens with zero attached hydrogens (tertiary/aromatic N) is 4. The molecule has 1 aliphatic rings. The van der Waals surface area contributed by atoms with Crippen LogP contribution in [0.2, 0.25) is 0 Å². The van der Waals surface area contributed by atoms with E-state index in [1.165, 1.54) is 0 Å². The van der Waals surface area contributed by atoms with Crippen molar-refractivity contribution >= 4 is 11.7 Å². The normalized spacial score (nSPS) is 16.9. The number of urea groups is 1. The highest BCUT2D eigenvalue weighted by Crippen LogP contribution is 2.26. The number of aryl methyl sites for hydroxylation is 1. The first kappa shape index (κ1) is 17.2. The van der Waals surface area contributed by atoms with E-state index >= 15 is 0 Å². The van der Waals surface area contributed by atoms with Gasteiger partial charge in [0.25, 0.3) is 0 Å². The van der Waals surface area contributed by atoms with Crippen molar-refractivity contribution in [3.63, 3.8) is 0 Å². The number of hydrogen-bond donors (Lipinski definition) is 2. The van der Waals surface area contributed by atoms with Gasteiger partial charge in [-0.1, -0.05) is 12.1 Å². The summed E-state index contributed by atoms with van der Waals surface area (Å²) in [5.41, 5.74) is 3.65. The number of anilines is 1. The Bertz CT molecular complexity index is 924. The van der Waals surface area contributed by atoms with Crippen molar-refractivity contribution < 1.29 is 4.79 Å². The third kappa shape index (κ3) is 3.97. The van der Waals surface area contributed by atoms with Crippen LogP contribution in [0.25, 0.3) is 11.3 Å². The van der Waals surface area contributed by atoms with Gasteiger partial charge in [0.15, 0.2) is 0 Å². The average molecular weight is 362 g/mol. The van der Waals surface area contributed by atoms with Crippen LogP contribution >= 0.6 is 0 Å². The van der Waals surface area contributed by atoms with Crippen LogP contribution in [-0.2, 0) is 0 Å². The fourth-order valence-electron chi connectivity index (χ4n) is 3.49. The van der Waals surface area contributed by atoms with Gasteiger partial charge in [0.2, 0.25) is 0 Å². The van der Waals surface area contributed by atoms with Crippen molar-refractivity contribution in [1.29, 1.82) is 0 Å². The lowest BCUT2D eigenvalue weighted by Crippen LogP contribution is -2.41. The molecular formula is C20H22N6O. The SMILES string of the molecule is Cc1nccc(-c2cccc(NC(=O)N3CCCC(c4ccn[nH]4)C3)c2)n1. The minimum absolute atomic E-state index is 0.0739. The second kappa shape index (κ2) is 7.57. The second-order valence-corrected chi connectivity index (χ2v) is 6.80. The first-order valence-corrected chi connectivity index (χ1v) is 9.14. The first-order valence-electron chi connectivity index (χ1n) is 9.14. The highest BCUT2D eigenvalue weighted by Gasteiger charge is 2.25. The molecule has 1 aromatic carbocycles. The number of rotatable bonds is 3. The summed E-state index contributed by atoms with van der Waals surface area (Å²) >= 11 is 0. The van der Waals surface area contributed by atoms with E-state index in [1.807, 2.05) is 48.2 Å². The lowest BCUT2D eigenvalue weighted by molar-refractivity contribution is 0.192. The van der Waals surface area contributed by atoms with Gasteiger partial charge in [-0.05, 0) is 44.0 Å². The van der Waals surface area contributed by atoms with Gasteiger partial charge in [0, 0.05) is 48.3 Å². The zero-order valence-corrected chi connectivity index (χ0v) is 15.2. The van der Waals surface area contributed by atoms with E-state index < -0.39 is 0 Å². The molecule has 7 nitrogen and oxygen atoms in total. The van der Waals surface area contributed by atoms with Crippen LogP contribution in [0.5, 0.6) is 0 Å². The maximum Gasteiger partial charge on any atom is 0.321 e. The predicted octanol–water partition coefficient (Wildman–Crippen LogP) is 3.59. The summed E-state index contributed by atoms with van der Waals surface area (Å²) < 4.78 is 0. The number of H-pyrrole nitrogens is 1. The summed E-state index contributed by atoms with van der Waals surface area (Å²) in [7, 11) is 0. The Balaban J connectivity index is 1.46. The minimum Gasteiger partial charge on any atom is -0.324 e. The van der Waals surface area contributed by atoms with E-state index in [-0.39, 0.29) is 6.03 Å². The maximum atomic E-state index is 12.7. The number of amides is 2. The van der Waals surface area contributed by atoms with E-state index in [0.29, 0.717) is 12.5 Å². The summed E-state index contributed by atoms with van der Waals surface area (Å²) in [5, 5.41) is 10.1. The molecule has 0 radical (unpaired) electrons. The molecule has 1 saturated heterocycles. The Morgan fingerprint density at radius 3 is 3.00 bits per heavy atom. The van der Waals surface area contributed by atoms with Crippen molar-refractivity contribution in [3.05, 3.63) is 60.3 Å². The van der Waals surface area contributed by atoms with Gasteiger partial charge in [-0.3, -0.25) is 5.10 Å². The number of likely N-dealkylation sites (tertiary alicyclic amines) is 1. The predicted molar refractivity (Wildman–Crippen MR) is 103 cm³/mol. The molecule has 2 N–H and O–H groups in total. The lowest BCUT2D eigenvalue weighted by Gasteiger charge is -2.32. The zero-order chi connectivity index (χ0) is 18.6. The third-order valence-corrected chi connectivity index (χ3v) is 4.86. The van der Waals surface area contributed by atoms with Crippen molar-refractivity contribution in [1.82, 2.24) is 25.1 Å². The fourth-order valence-corrected chi connectivity index (χ4v) is 3.49. The summed E-state index contributed by atoms with van der Waals surface area (Å²) in [6.07, 6.45) is 5.55. The average Bonchev–Trinajstić information content (AvgIpc) is 3.23. The number of carbonyl (C=O) groups is 1. The van der Waals surface area contributed by atoms with Gasteiger partial charge in [-0.15, -0.1) is 0 Å². The summed E-state index contributed by atoms with van der Waals surface area (Å²) in [6.45, 7) is 3.32. The molecule has 0 bridgehead atoms. The highest BCUT2D eigenvalue weighted by molar-refractivity contribution is 5.90. The van der Waals surface area contributed by atoms with E-state index in [4.69, 9.17) is 0 Å². The van der Waals surface area contributed by atoms with Gasteiger partial charge in [-0.2, -0.15) is 5.10 Å². The minimum atomic E-state index is -0.0739. The van der Waals surface area contributed by atoms with E-state index in [0.717, 1.165) is 47.8 Å². The van der Waals surface area contributed by atoms with Crippen LogP contribution < -0.4 is 5.32 Å². The second-order valence-electron chi connectivity index (χ2n) is 6.80. The maximum absolute atomic E-state index is 12.7. The van der Waals surface area contributed by atoms with Gasteiger partial charge in [-0.25, -0.2) is 14.8 Å². The number of piperidine rings is 1. The molecular weight excluding hydrogens is 340 g/mol. The number of aromatic nitrogens is 4. The van der Waals surface area contributed by atoms with E-state index in [1.54, 1.807) is 12.4 Å². The molecule has 0 saturated carbocycles. The summed E-state index contributed by atoms with van der Waals surface area (Å²) in [4.78, 5) is 23.2. The van der Waals surface area contributed by atoms with Crippen LogP contribution in [0.3, 0.4) is 0 Å². The number of carbonyl (C=O) groups excluding carboxylic acids is 1. The van der Waals surface area contributed by atoms with Crippen LogP contribution in [0.15, 0.2) is 48.8 Å². The summed E-state index contributed by atoms with van der Waals surface area (Å²) in [5.74, 6) is 1.03. The molecule has 138 valence electrons. The Kier molecular flexibility index (Phi) is 4.82. The summed E-state index contributed by atoms with van der Waals surface area (Å²) in [6, 6.07) is 11.5. The molecule has 0 spiro atoms. The van der Waals surface area contributed by atoms with Gasteiger partial charge >= 0.3 is 6.03 Å². The quantitative estimate of drug-likeness (QED) is 0.745. The van der Waals surface area contributed by atoms with Crippen molar-refractivity contribution in [2.24, 2.45) is 0 Å². The van der Waals surface area contributed by atoms with Crippen LogP contribution in [-0.4, -0.2) is 44.2 Å². The molecule has 1 aliphatic heterocycles. The fraction of sp³-hybridized carbons (Fsp3) is 0.300. The van der Waals surface area contributed by atoms with E-state index in [9.17, 15) is 4.79 Å². The topological polar surface area (TPSA) is 86.8 Å². The largest absolute Gasteiger partial charge is 0.324 e. The van der Waals surface area contributed by atoms with Crippen LogP contribution in [0, 0.1) is 6.92 Å². The molecule has 0 aliphatic carbocycles. The van der Waals surface area contributed by atoms with Crippen molar-refractivity contribution in [2.75, 3.05) is 18.4 Å². The monoisotopic (exact) mass is 362 g/mol. The molecule has 7 heteroatoms. The van der Waals surface area contributed by atoms with Crippen molar-refractivity contribution in [2.45, 2.75) is 25.7 Å². The number of aromatic amines is 1. The molecule has 3 heterocycles. The molecule has 2 aromatic heterocycles. The number of hydrogen-bond acceptors (Lipinski definition) is 4. The van der Waals surface area contributed by atoms with Crippen molar-refractivity contribution in [3.8, 4) is 11.3 Å². The Hall–Kier alpha value is -3.22. The van der Waals surface area contributed by atoms with Crippen LogP contribution in [0.1, 0.15) is 30.3 Å². The Morgan fingerprint density at radius 1 is 1.26 bits per heavy atom. The number of benzene rings is 1. The molecule has 2 amide bonds. The molecule has 4 rings (SSSR count). The highest BCUT2D eigenvalue weighted by atomic mass is 16.2. The lowest BCUT2D eigenvalue weighted by atomic mass is 9.95. The molecule has 27 heavy (non-hydrogen) atoms. The Labute approximate surface area is 157 Å². The van der Waals surface area contributed by atoms with Gasteiger partial charge < -0.3 is 10.2 Å². The van der Waals surface area contributed by atoms with E-state index in [2.05, 4.69) is 25.5 Å². The molecule has 1 atom stereocenters. The zero-order valence-electron chi connectivity index (χ0n) is 15.2. The molecule has 3 aromatic rings. The van der Waals surface area contributed by atoms with Crippen LogP contribution in [0.4, 0.5) is 10.5 Å².